The number of carboxylic acid groups (broad SMARTS) is 2. The van der Waals surface area contributed by atoms with Gasteiger partial charge in [0.25, 0.3) is 0 Å². The number of carbonyl (C=O) groups excluding carboxylic acids is 2. The third-order valence-electron chi connectivity index (χ3n) is 4.45. The maximum atomic E-state index is 10.2. The van der Waals surface area contributed by atoms with E-state index in [0.717, 1.165) is 31.2 Å². The van der Waals surface area contributed by atoms with Crippen LogP contribution in [-0.4, -0.2) is 35.8 Å². The summed E-state index contributed by atoms with van der Waals surface area (Å²) in [5.41, 5.74) is 1.17. The largest absolute Gasteiger partial charge is 2.00 e. The number of aryl methyl sites for hydroxylation is 1. The first-order chi connectivity index (χ1) is 15.3. The zero-order valence-corrected chi connectivity index (χ0v) is 24.6. The van der Waals surface area contributed by atoms with Crippen molar-refractivity contribution in [1.82, 2.24) is 0 Å². The topological polar surface area (TPSA) is 80.3 Å². The molecule has 0 amide bonds. The van der Waals surface area contributed by atoms with Crippen molar-refractivity contribution in [3.05, 3.63) is 49.2 Å². The zero-order valence-electron chi connectivity index (χ0n) is 21.8. The molecule has 0 heterocycles. The van der Waals surface area contributed by atoms with Gasteiger partial charge in [-0.2, -0.15) is 0 Å². The summed E-state index contributed by atoms with van der Waals surface area (Å²) < 4.78 is 0. The molecule has 0 aliphatic heterocycles. The second-order valence-electron chi connectivity index (χ2n) is 7.81. The summed E-state index contributed by atoms with van der Waals surface area (Å²) in [7, 11) is 0. The average molecular weight is 567 g/mol. The van der Waals surface area contributed by atoms with E-state index >= 15 is 0 Å². The van der Waals surface area contributed by atoms with Gasteiger partial charge in [0.1, 0.15) is 0 Å². The van der Waals surface area contributed by atoms with Gasteiger partial charge in [-0.15, -0.1) is 0 Å². The van der Waals surface area contributed by atoms with Crippen molar-refractivity contribution in [2.24, 2.45) is 0 Å². The van der Waals surface area contributed by atoms with Crippen LogP contribution in [0.1, 0.15) is 127 Å². The molecule has 1 aromatic carbocycles. The van der Waals surface area contributed by atoms with Crippen molar-refractivity contribution in [2.75, 3.05) is 0 Å². The fourth-order valence-corrected chi connectivity index (χ4v) is 2.35. The quantitative estimate of drug-likeness (QED) is 0.221. The van der Waals surface area contributed by atoms with Crippen LogP contribution in [-0.2, 0) is 4.79 Å². The van der Waals surface area contributed by atoms with Gasteiger partial charge in [-0.1, -0.05) is 141 Å². The van der Waals surface area contributed by atoms with E-state index in [-0.39, 0.29) is 35.9 Å². The van der Waals surface area contributed by atoms with Gasteiger partial charge in [0, 0.05) is 5.97 Å². The van der Waals surface area contributed by atoms with Crippen molar-refractivity contribution < 1.29 is 19.8 Å². The first kappa shape index (κ1) is 39.2. The second kappa shape index (κ2) is 33.1. The number of rotatable bonds is 13. The molecule has 188 valence electrons. The van der Waals surface area contributed by atoms with E-state index in [4.69, 9.17) is 0 Å². The number of carbonyl (C=O) groups is 2. The number of hydrogen-bond donors (Lipinski definition) is 0. The van der Waals surface area contributed by atoms with E-state index in [9.17, 15) is 19.8 Å². The molecule has 0 N–H and O–H groups in total. The van der Waals surface area contributed by atoms with Crippen molar-refractivity contribution in [3.63, 3.8) is 0 Å². The van der Waals surface area contributed by atoms with Crippen LogP contribution in [0.2, 0.25) is 0 Å². The Hall–Kier alpha value is -1.04. The predicted molar refractivity (Wildman–Crippen MR) is 139 cm³/mol. The molecule has 0 saturated carbocycles. The molecule has 1 rings (SSSR count). The summed E-state index contributed by atoms with van der Waals surface area (Å²) in [5, 5.41) is 20.3. The smallest absolute Gasteiger partial charge is 0.550 e. The Morgan fingerprint density at radius 3 is 1.48 bits per heavy atom. The molecule has 0 unspecified atom stereocenters. The number of benzene rings is 1. The molecule has 4 nitrogen and oxygen atoms in total. The van der Waals surface area contributed by atoms with Crippen LogP contribution in [0.5, 0.6) is 0 Å². The third kappa shape index (κ3) is 38.5. The number of hydrogen-bond acceptors (Lipinski definition) is 4. The van der Waals surface area contributed by atoms with Gasteiger partial charge in [-0.05, 0) is 25.3 Å². The van der Waals surface area contributed by atoms with E-state index in [1.54, 1.807) is 12.1 Å². The Morgan fingerprint density at radius 1 is 0.758 bits per heavy atom. The molecular formula is C28H48O4Sn. The van der Waals surface area contributed by atoms with Gasteiger partial charge in [-0.25, -0.2) is 0 Å². The average Bonchev–Trinajstić information content (AvgIpc) is 2.78. The Labute approximate surface area is 221 Å². The molecule has 0 fully saturated rings. The summed E-state index contributed by atoms with van der Waals surface area (Å²) >= 11 is 0. The summed E-state index contributed by atoms with van der Waals surface area (Å²) in [4.78, 5) is 20.3. The molecule has 0 bridgehead atoms. The number of aliphatic carboxylic acids is 1. The van der Waals surface area contributed by atoms with Gasteiger partial charge in [-0.3, -0.25) is 0 Å². The minimum atomic E-state index is -1.12. The van der Waals surface area contributed by atoms with E-state index < -0.39 is 11.9 Å². The molecule has 1 aromatic rings. The first-order valence-electron chi connectivity index (χ1n) is 12.4. The van der Waals surface area contributed by atoms with Crippen LogP contribution in [0.25, 0.3) is 0 Å². The van der Waals surface area contributed by atoms with Crippen molar-refractivity contribution in [3.8, 4) is 0 Å². The van der Waals surface area contributed by atoms with Gasteiger partial charge in [0.15, 0.2) is 0 Å². The molecule has 0 atom stereocenters. The SMILES string of the molecule is CCCCCCCCCCCC(=O)[O-].Cc1cccc(C(=O)[O-])c1.[CH2]CCC.[CH2]CCC.[Sn+2]. The molecular weight excluding hydrogens is 519 g/mol. The Kier molecular flexibility index (Phi) is 39.3. The second-order valence-corrected chi connectivity index (χ2v) is 7.81. The molecule has 4 radical (unpaired) electrons. The fraction of sp³-hybridized carbons (Fsp3) is 0.643. The van der Waals surface area contributed by atoms with Crippen LogP contribution >= 0.6 is 0 Å². The predicted octanol–water partition coefficient (Wildman–Crippen LogP) is 5.88. The van der Waals surface area contributed by atoms with Crippen molar-refractivity contribution >= 4 is 35.8 Å². The van der Waals surface area contributed by atoms with E-state index in [1.165, 1.54) is 63.9 Å². The Bertz CT molecular complexity index is 524. The van der Waals surface area contributed by atoms with E-state index in [0.29, 0.717) is 0 Å². The summed E-state index contributed by atoms with van der Waals surface area (Å²) in [6, 6.07) is 6.63. The molecule has 0 aliphatic carbocycles. The zero-order chi connectivity index (χ0) is 25.0. The Morgan fingerprint density at radius 2 is 1.18 bits per heavy atom. The van der Waals surface area contributed by atoms with E-state index in [2.05, 4.69) is 34.6 Å². The molecule has 0 spiro atoms. The number of unbranched alkanes of at least 4 members (excludes halogenated alkanes) is 10. The molecule has 0 saturated heterocycles. The number of carboxylic acids is 2. The summed E-state index contributed by atoms with van der Waals surface area (Å²) in [6.45, 7) is 15.5. The van der Waals surface area contributed by atoms with Gasteiger partial charge in [0.05, 0.1) is 5.97 Å². The van der Waals surface area contributed by atoms with Crippen molar-refractivity contribution in [1.29, 1.82) is 0 Å². The maximum Gasteiger partial charge on any atom is 2.00 e. The Balaban J connectivity index is -0.000000192. The molecule has 0 aliphatic rings. The van der Waals surface area contributed by atoms with Gasteiger partial charge < -0.3 is 19.8 Å². The summed E-state index contributed by atoms with van der Waals surface area (Å²) in [6.07, 6.45) is 15.7. The molecule has 33 heavy (non-hydrogen) atoms. The normalized spacial score (nSPS) is 9.03. The van der Waals surface area contributed by atoms with E-state index in [1.807, 2.05) is 13.0 Å². The van der Waals surface area contributed by atoms with Gasteiger partial charge in [0.2, 0.25) is 0 Å². The van der Waals surface area contributed by atoms with Crippen molar-refractivity contribution in [2.45, 2.75) is 118 Å². The molecule has 5 heteroatoms. The number of aromatic carboxylic acids is 1. The van der Waals surface area contributed by atoms with Crippen LogP contribution in [0.4, 0.5) is 0 Å². The monoisotopic (exact) mass is 568 g/mol. The maximum absolute atomic E-state index is 10.2. The fourth-order valence-electron chi connectivity index (χ4n) is 2.35. The minimum absolute atomic E-state index is 0. The molecule has 0 aromatic heterocycles. The van der Waals surface area contributed by atoms with Gasteiger partial charge >= 0.3 is 23.9 Å². The first-order valence-corrected chi connectivity index (χ1v) is 12.4. The van der Waals surface area contributed by atoms with Crippen LogP contribution in [0.3, 0.4) is 0 Å². The summed E-state index contributed by atoms with van der Waals surface area (Å²) in [5.74, 6) is -2.03. The standard InChI is InChI=1S/C12H24O2.C8H8O2.2C4H9.Sn/c1-2-3-4-5-6-7-8-9-10-11-12(13)14;1-6-3-2-4-7(5-6)8(9)10;2*1-3-4-2;/h2-11H2,1H3,(H,13,14);2-5H,1H3,(H,9,10);2*1,3-4H2,2H3;/q;;;;+2/p-2. The minimum Gasteiger partial charge on any atom is -0.550 e. The van der Waals surface area contributed by atoms with Crippen LogP contribution < -0.4 is 10.2 Å². The van der Waals surface area contributed by atoms with Crippen LogP contribution in [0, 0.1) is 20.8 Å². The third-order valence-corrected chi connectivity index (χ3v) is 4.45. The van der Waals surface area contributed by atoms with Crippen LogP contribution in [0.15, 0.2) is 24.3 Å².